The van der Waals surface area contributed by atoms with E-state index in [4.69, 9.17) is 14.2 Å². The summed E-state index contributed by atoms with van der Waals surface area (Å²) in [6.07, 6.45) is 0.881. The lowest BCUT2D eigenvalue weighted by molar-refractivity contribution is -0.141. The predicted octanol–water partition coefficient (Wildman–Crippen LogP) is 2.88. The molecule has 0 aliphatic carbocycles. The Morgan fingerprint density at radius 2 is 1.72 bits per heavy atom. The molecule has 0 aliphatic rings. The molecule has 2 rings (SSSR count). The van der Waals surface area contributed by atoms with Crippen molar-refractivity contribution in [3.8, 4) is 11.5 Å². The molecule has 1 amide bonds. The van der Waals surface area contributed by atoms with Gasteiger partial charge in [0.1, 0.15) is 0 Å². The molecule has 0 aliphatic heterocycles. The molecular weight excluding hydrogens is 320 g/mol. The Kier molecular flexibility index (Phi) is 6.54. The number of nitrogens with zero attached hydrogens (tertiary/aromatic N) is 2. The lowest BCUT2D eigenvalue weighted by Crippen LogP contribution is -2.28. The smallest absolute Gasteiger partial charge is 0.276 e. The molecule has 0 spiro atoms. The summed E-state index contributed by atoms with van der Waals surface area (Å²) in [5, 5.41) is 5.46. The van der Waals surface area contributed by atoms with Crippen LogP contribution in [0.15, 0.2) is 53.6 Å². The minimum Gasteiger partial charge on any atom is -0.493 e. The monoisotopic (exact) mass is 342 g/mol. The Morgan fingerprint density at radius 1 is 1.04 bits per heavy atom. The van der Waals surface area contributed by atoms with Crippen molar-refractivity contribution < 1.29 is 19.0 Å². The number of rotatable bonds is 7. The summed E-state index contributed by atoms with van der Waals surface area (Å²) in [4.78, 5) is 12.6. The van der Waals surface area contributed by atoms with Gasteiger partial charge in [0.15, 0.2) is 17.6 Å². The number of hydrogen-bond acceptors (Lipinski definition) is 5. The van der Waals surface area contributed by atoms with Crippen LogP contribution in [0.2, 0.25) is 0 Å². The number of ether oxygens (including phenoxy) is 3. The molecule has 0 saturated carbocycles. The van der Waals surface area contributed by atoms with Crippen LogP contribution in [0.1, 0.15) is 17.2 Å². The standard InChI is InChI=1S/C19H22N2O4/c1-21(19(22)18(25-4)15-8-6-5-7-9-15)20-13-14-10-11-16(23-2)17(12-14)24-3/h5-13,18H,1-4H3. The molecule has 2 aromatic carbocycles. The van der Waals surface area contributed by atoms with Gasteiger partial charge in [-0.15, -0.1) is 0 Å². The van der Waals surface area contributed by atoms with E-state index in [1.54, 1.807) is 39.6 Å². The third kappa shape index (κ3) is 4.58. The van der Waals surface area contributed by atoms with Crippen molar-refractivity contribution in [3.05, 3.63) is 59.7 Å². The molecule has 0 heterocycles. The largest absolute Gasteiger partial charge is 0.493 e. The Bertz CT molecular complexity index is 731. The molecule has 0 saturated heterocycles. The first-order valence-electron chi connectivity index (χ1n) is 7.72. The van der Waals surface area contributed by atoms with Gasteiger partial charge in [-0.25, -0.2) is 5.01 Å². The van der Waals surface area contributed by atoms with Gasteiger partial charge < -0.3 is 14.2 Å². The highest BCUT2D eigenvalue weighted by Crippen LogP contribution is 2.27. The van der Waals surface area contributed by atoms with Crippen LogP contribution in [0.4, 0.5) is 0 Å². The normalized spacial score (nSPS) is 12.0. The van der Waals surface area contributed by atoms with Crippen LogP contribution in [0.3, 0.4) is 0 Å². The van der Waals surface area contributed by atoms with Crippen LogP contribution in [-0.2, 0) is 9.53 Å². The second kappa shape index (κ2) is 8.84. The fourth-order valence-electron chi connectivity index (χ4n) is 2.32. The molecule has 0 radical (unpaired) electrons. The molecule has 1 unspecified atom stereocenters. The number of methoxy groups -OCH3 is 3. The predicted molar refractivity (Wildman–Crippen MR) is 96.1 cm³/mol. The summed E-state index contributed by atoms with van der Waals surface area (Å²) in [5.74, 6) is 0.970. The quantitative estimate of drug-likeness (QED) is 0.573. The van der Waals surface area contributed by atoms with Crippen molar-refractivity contribution in [1.82, 2.24) is 5.01 Å². The zero-order chi connectivity index (χ0) is 18.2. The summed E-state index contributed by atoms with van der Waals surface area (Å²) in [5.41, 5.74) is 1.56. The van der Waals surface area contributed by atoms with E-state index >= 15 is 0 Å². The van der Waals surface area contributed by atoms with E-state index < -0.39 is 6.10 Å². The highest BCUT2D eigenvalue weighted by Gasteiger charge is 2.23. The Hall–Kier alpha value is -2.86. The first-order valence-corrected chi connectivity index (χ1v) is 7.72. The van der Waals surface area contributed by atoms with Crippen molar-refractivity contribution in [2.45, 2.75) is 6.10 Å². The number of hydrazone groups is 1. The molecule has 25 heavy (non-hydrogen) atoms. The number of likely N-dealkylation sites (N-methyl/N-ethyl adjacent to an activating group) is 1. The average Bonchev–Trinajstić information content (AvgIpc) is 2.67. The van der Waals surface area contributed by atoms with E-state index in [0.29, 0.717) is 11.5 Å². The second-order valence-corrected chi connectivity index (χ2v) is 5.25. The Labute approximate surface area is 147 Å². The van der Waals surface area contributed by atoms with Crippen molar-refractivity contribution >= 4 is 12.1 Å². The van der Waals surface area contributed by atoms with Crippen LogP contribution in [-0.4, -0.2) is 45.5 Å². The SMILES string of the molecule is COc1ccc(C=NN(C)C(=O)C(OC)c2ccccc2)cc1OC. The highest BCUT2D eigenvalue weighted by atomic mass is 16.5. The molecule has 1 atom stereocenters. The van der Waals surface area contributed by atoms with Crippen LogP contribution < -0.4 is 9.47 Å². The van der Waals surface area contributed by atoms with Crippen LogP contribution in [0, 0.1) is 0 Å². The first kappa shape index (κ1) is 18.5. The van der Waals surface area contributed by atoms with E-state index in [9.17, 15) is 4.79 Å². The van der Waals surface area contributed by atoms with E-state index in [-0.39, 0.29) is 5.91 Å². The maximum absolute atomic E-state index is 12.6. The van der Waals surface area contributed by atoms with Gasteiger partial charge in [-0.05, 0) is 29.3 Å². The van der Waals surface area contributed by atoms with Gasteiger partial charge in [-0.1, -0.05) is 30.3 Å². The van der Waals surface area contributed by atoms with Gasteiger partial charge in [0.25, 0.3) is 5.91 Å². The maximum atomic E-state index is 12.6. The third-order valence-electron chi connectivity index (χ3n) is 3.67. The van der Waals surface area contributed by atoms with Gasteiger partial charge >= 0.3 is 0 Å². The fraction of sp³-hybridized carbons (Fsp3) is 0.263. The number of carbonyl (C=O) groups is 1. The molecule has 2 aromatic rings. The van der Waals surface area contributed by atoms with Crippen molar-refractivity contribution in [2.24, 2.45) is 5.10 Å². The molecule has 6 nitrogen and oxygen atoms in total. The summed E-state index contributed by atoms with van der Waals surface area (Å²) in [6, 6.07) is 14.7. The first-order chi connectivity index (χ1) is 12.1. The zero-order valence-electron chi connectivity index (χ0n) is 14.8. The van der Waals surface area contributed by atoms with E-state index in [1.807, 2.05) is 36.4 Å². The summed E-state index contributed by atoms with van der Waals surface area (Å²) >= 11 is 0. The fourth-order valence-corrected chi connectivity index (χ4v) is 2.32. The van der Waals surface area contributed by atoms with E-state index in [0.717, 1.165) is 11.1 Å². The summed E-state index contributed by atoms with van der Waals surface area (Å²) in [7, 11) is 6.24. The summed E-state index contributed by atoms with van der Waals surface area (Å²) in [6.45, 7) is 0. The molecule has 0 fully saturated rings. The van der Waals surface area contributed by atoms with Gasteiger partial charge in [-0.3, -0.25) is 4.79 Å². The second-order valence-electron chi connectivity index (χ2n) is 5.25. The third-order valence-corrected chi connectivity index (χ3v) is 3.67. The molecule has 132 valence electrons. The summed E-state index contributed by atoms with van der Waals surface area (Å²) < 4.78 is 15.8. The lowest BCUT2D eigenvalue weighted by Gasteiger charge is -2.19. The number of amides is 1. The maximum Gasteiger partial charge on any atom is 0.276 e. The zero-order valence-corrected chi connectivity index (χ0v) is 14.8. The van der Waals surface area contributed by atoms with Gasteiger partial charge in [-0.2, -0.15) is 5.10 Å². The van der Waals surface area contributed by atoms with Crippen molar-refractivity contribution in [3.63, 3.8) is 0 Å². The van der Waals surface area contributed by atoms with Gasteiger partial charge in [0, 0.05) is 14.2 Å². The van der Waals surface area contributed by atoms with E-state index in [1.165, 1.54) is 12.1 Å². The minimum atomic E-state index is -0.700. The Balaban J connectivity index is 2.13. The molecule has 0 N–H and O–H groups in total. The van der Waals surface area contributed by atoms with Crippen LogP contribution >= 0.6 is 0 Å². The van der Waals surface area contributed by atoms with Gasteiger partial charge in [0.2, 0.25) is 0 Å². The molecule has 0 aromatic heterocycles. The number of hydrogen-bond donors (Lipinski definition) is 0. The van der Waals surface area contributed by atoms with E-state index in [2.05, 4.69) is 5.10 Å². The van der Waals surface area contributed by atoms with Crippen LogP contribution in [0.5, 0.6) is 11.5 Å². The van der Waals surface area contributed by atoms with Crippen LogP contribution in [0.25, 0.3) is 0 Å². The highest BCUT2D eigenvalue weighted by molar-refractivity contribution is 5.85. The molecule has 0 bridgehead atoms. The lowest BCUT2D eigenvalue weighted by atomic mass is 10.1. The topological polar surface area (TPSA) is 60.4 Å². The molecule has 6 heteroatoms. The average molecular weight is 342 g/mol. The minimum absolute atomic E-state index is 0.259. The number of carbonyl (C=O) groups excluding carboxylic acids is 1. The number of benzene rings is 2. The van der Waals surface area contributed by atoms with Gasteiger partial charge in [0.05, 0.1) is 20.4 Å². The Morgan fingerprint density at radius 3 is 2.32 bits per heavy atom. The van der Waals surface area contributed by atoms with Crippen molar-refractivity contribution in [1.29, 1.82) is 0 Å². The van der Waals surface area contributed by atoms with Crippen molar-refractivity contribution in [2.75, 3.05) is 28.4 Å². The molecular formula is C19H22N2O4.